The fourth-order valence-electron chi connectivity index (χ4n) is 7.87. The van der Waals surface area contributed by atoms with Crippen LogP contribution in [0, 0.1) is 23.1 Å². The molecule has 1 aliphatic carbocycles. The molecule has 7 nitrogen and oxygen atoms in total. The van der Waals surface area contributed by atoms with Gasteiger partial charge in [-0.1, -0.05) is 73.9 Å². The summed E-state index contributed by atoms with van der Waals surface area (Å²) in [6, 6.07) is 24.5. The number of nitrogens with zero attached hydrogens (tertiary/aromatic N) is 4. The number of piperidine rings is 1. The molecule has 2 fully saturated rings. The molecule has 0 radical (unpaired) electrons. The third kappa shape index (κ3) is 8.86. The van der Waals surface area contributed by atoms with Crippen LogP contribution in [-0.4, -0.2) is 44.7 Å². The van der Waals surface area contributed by atoms with Crippen LogP contribution in [0.2, 0.25) is 0 Å². The van der Waals surface area contributed by atoms with Gasteiger partial charge in [0.2, 0.25) is 5.91 Å². The Morgan fingerprint density at radius 1 is 0.894 bits per heavy atom. The van der Waals surface area contributed by atoms with E-state index in [1.54, 1.807) is 18.5 Å². The first-order valence-electron chi connectivity index (χ1n) is 17.3. The van der Waals surface area contributed by atoms with Gasteiger partial charge < -0.3 is 15.4 Å². The Kier molecular flexibility index (Phi) is 11.0. The van der Waals surface area contributed by atoms with Crippen molar-refractivity contribution in [1.29, 1.82) is 0 Å². The lowest BCUT2D eigenvalue weighted by Crippen LogP contribution is -2.50. The number of ether oxygens (including phenoxy) is 1. The van der Waals surface area contributed by atoms with Crippen LogP contribution in [0.15, 0.2) is 91.5 Å². The number of benzene rings is 3. The lowest BCUT2D eigenvalue weighted by Gasteiger charge is -2.48. The first kappa shape index (κ1) is 32.9. The number of amides is 1. The molecule has 2 atom stereocenters. The summed E-state index contributed by atoms with van der Waals surface area (Å²) < 4.78 is 21.7. The Hall–Kier alpha value is -4.04. The highest BCUT2D eigenvalue weighted by Crippen LogP contribution is 2.47. The average molecular weight is 638 g/mol. The van der Waals surface area contributed by atoms with Gasteiger partial charge in [0.1, 0.15) is 30.8 Å². The lowest BCUT2D eigenvalue weighted by atomic mass is 9.63. The average Bonchev–Trinajstić information content (AvgIpc) is 3.62. The van der Waals surface area contributed by atoms with Crippen molar-refractivity contribution in [1.82, 2.24) is 19.7 Å². The lowest BCUT2D eigenvalue weighted by molar-refractivity contribution is -0.139. The summed E-state index contributed by atoms with van der Waals surface area (Å²) in [5.74, 6) is 1.07. The van der Waals surface area contributed by atoms with E-state index < -0.39 is 0 Å². The summed E-state index contributed by atoms with van der Waals surface area (Å²) >= 11 is 0. The van der Waals surface area contributed by atoms with Crippen LogP contribution >= 0.6 is 0 Å². The molecule has 47 heavy (non-hydrogen) atoms. The molecule has 1 amide bonds. The summed E-state index contributed by atoms with van der Waals surface area (Å²) in [6.45, 7) is 2.86. The van der Waals surface area contributed by atoms with Crippen molar-refractivity contribution in [2.45, 2.75) is 83.4 Å². The highest BCUT2D eigenvalue weighted by atomic mass is 19.1. The maximum Gasteiger partial charge on any atom is 0.226 e. The van der Waals surface area contributed by atoms with E-state index in [0.29, 0.717) is 31.8 Å². The minimum absolute atomic E-state index is 0.130. The van der Waals surface area contributed by atoms with Crippen LogP contribution in [0.1, 0.15) is 68.1 Å². The van der Waals surface area contributed by atoms with Gasteiger partial charge in [-0.25, -0.2) is 9.37 Å². The summed E-state index contributed by atoms with van der Waals surface area (Å²) in [5.41, 5.74) is 10.1. The van der Waals surface area contributed by atoms with E-state index in [0.717, 1.165) is 54.9 Å². The Bertz CT molecular complexity index is 1510. The smallest absolute Gasteiger partial charge is 0.226 e. The Labute approximate surface area is 278 Å². The van der Waals surface area contributed by atoms with Crippen molar-refractivity contribution >= 4 is 5.91 Å². The zero-order chi connectivity index (χ0) is 32.5. The van der Waals surface area contributed by atoms with Gasteiger partial charge in [0.25, 0.3) is 0 Å². The van der Waals surface area contributed by atoms with Crippen molar-refractivity contribution < 1.29 is 13.9 Å². The molecule has 1 aromatic heterocycles. The monoisotopic (exact) mass is 637 g/mol. The van der Waals surface area contributed by atoms with Gasteiger partial charge >= 0.3 is 0 Å². The van der Waals surface area contributed by atoms with Crippen LogP contribution in [0.3, 0.4) is 0 Å². The van der Waals surface area contributed by atoms with Crippen molar-refractivity contribution in [2.24, 2.45) is 23.0 Å². The fraction of sp³-hybridized carbons (Fsp3) is 0.462. The second-order valence-corrected chi connectivity index (χ2v) is 13.8. The third-order valence-electron chi connectivity index (χ3n) is 10.5. The standard InChI is InChI=1S/C39H48FN5O2/c40-35-15-11-30(12-16-35)23-33(25-36(41)24-31-13-17-37(18-14-31)47-26-32-7-3-1-4-8-32)38(46)44-21-19-39(20-22-44,27-45-29-42-28-43-45)34-9-5-2-6-10-34/h1,3-4,7-8,11-18,28-29,33-34,36H,2,5-6,9-10,19-27,41H2. The fourth-order valence-corrected chi connectivity index (χ4v) is 7.87. The van der Waals surface area contributed by atoms with Crippen LogP contribution in [0.4, 0.5) is 4.39 Å². The molecular formula is C39H48FN5O2. The number of rotatable bonds is 13. The summed E-state index contributed by atoms with van der Waals surface area (Å²) in [5, 5.41) is 4.46. The molecule has 0 bridgehead atoms. The molecule has 248 valence electrons. The molecular weight excluding hydrogens is 589 g/mol. The molecule has 2 unspecified atom stereocenters. The molecule has 1 aliphatic heterocycles. The molecule has 2 heterocycles. The van der Waals surface area contributed by atoms with E-state index in [2.05, 4.69) is 27.1 Å². The maximum atomic E-state index is 14.2. The van der Waals surface area contributed by atoms with Gasteiger partial charge in [-0.05, 0) is 97.2 Å². The van der Waals surface area contributed by atoms with Gasteiger partial charge in [-0.2, -0.15) is 5.10 Å². The number of carbonyl (C=O) groups excluding carboxylic acids is 1. The molecule has 4 aromatic rings. The summed E-state index contributed by atoms with van der Waals surface area (Å²) in [6.07, 6.45) is 13.5. The maximum absolute atomic E-state index is 14.2. The summed E-state index contributed by atoms with van der Waals surface area (Å²) in [7, 11) is 0. The predicted octanol–water partition coefficient (Wildman–Crippen LogP) is 7.00. The molecule has 1 saturated heterocycles. The van der Waals surface area contributed by atoms with Crippen molar-refractivity contribution in [3.63, 3.8) is 0 Å². The SMILES string of the molecule is NC(Cc1ccc(OCc2ccccc2)cc1)CC(Cc1ccc(F)cc1)C(=O)N1CCC(Cn2cncn2)(C2CCCCC2)CC1. The van der Waals surface area contributed by atoms with E-state index in [4.69, 9.17) is 10.5 Å². The summed E-state index contributed by atoms with van der Waals surface area (Å²) in [4.78, 5) is 20.5. The number of nitrogens with two attached hydrogens (primary N) is 1. The van der Waals surface area contributed by atoms with Gasteiger partial charge in [-0.3, -0.25) is 9.48 Å². The van der Waals surface area contributed by atoms with E-state index in [-0.39, 0.29) is 29.1 Å². The zero-order valence-corrected chi connectivity index (χ0v) is 27.4. The molecule has 2 N–H and O–H groups in total. The Morgan fingerprint density at radius 3 is 2.26 bits per heavy atom. The van der Waals surface area contributed by atoms with Gasteiger partial charge in [-0.15, -0.1) is 0 Å². The first-order chi connectivity index (χ1) is 23.0. The van der Waals surface area contributed by atoms with Crippen LogP contribution < -0.4 is 10.5 Å². The van der Waals surface area contributed by atoms with Crippen LogP contribution in [-0.2, 0) is 30.8 Å². The largest absolute Gasteiger partial charge is 0.489 e. The molecule has 1 saturated carbocycles. The Balaban J connectivity index is 1.10. The third-order valence-corrected chi connectivity index (χ3v) is 10.5. The molecule has 3 aromatic carbocycles. The quantitative estimate of drug-likeness (QED) is 0.171. The highest BCUT2D eigenvalue weighted by molar-refractivity contribution is 5.79. The molecule has 2 aliphatic rings. The predicted molar refractivity (Wildman–Crippen MR) is 182 cm³/mol. The van der Waals surface area contributed by atoms with Crippen molar-refractivity contribution in [3.05, 3.63) is 114 Å². The van der Waals surface area contributed by atoms with E-state index in [1.165, 1.54) is 44.2 Å². The first-order valence-corrected chi connectivity index (χ1v) is 17.3. The highest BCUT2D eigenvalue weighted by Gasteiger charge is 2.43. The number of likely N-dealkylation sites (tertiary alicyclic amines) is 1. The normalized spacial score (nSPS) is 18.0. The second kappa shape index (κ2) is 15.7. The second-order valence-electron chi connectivity index (χ2n) is 13.8. The van der Waals surface area contributed by atoms with E-state index >= 15 is 0 Å². The minimum Gasteiger partial charge on any atom is -0.489 e. The van der Waals surface area contributed by atoms with Gasteiger partial charge in [0.05, 0.1) is 0 Å². The van der Waals surface area contributed by atoms with E-state index in [9.17, 15) is 9.18 Å². The van der Waals surface area contributed by atoms with Gasteiger partial charge in [0, 0.05) is 31.6 Å². The number of aromatic nitrogens is 3. The van der Waals surface area contributed by atoms with Crippen molar-refractivity contribution in [2.75, 3.05) is 13.1 Å². The number of halogens is 1. The molecule has 0 spiro atoms. The Morgan fingerprint density at radius 2 is 1.57 bits per heavy atom. The van der Waals surface area contributed by atoms with Crippen LogP contribution in [0.25, 0.3) is 0 Å². The number of carbonyl (C=O) groups is 1. The topological polar surface area (TPSA) is 86.3 Å². The van der Waals surface area contributed by atoms with Gasteiger partial charge in [0.15, 0.2) is 0 Å². The molecule has 8 heteroatoms. The van der Waals surface area contributed by atoms with Crippen LogP contribution in [0.5, 0.6) is 5.75 Å². The van der Waals surface area contributed by atoms with E-state index in [1.807, 2.05) is 53.5 Å². The number of hydrogen-bond acceptors (Lipinski definition) is 5. The zero-order valence-electron chi connectivity index (χ0n) is 27.4. The number of hydrogen-bond donors (Lipinski definition) is 1. The molecule has 6 rings (SSSR count). The van der Waals surface area contributed by atoms with Crippen molar-refractivity contribution in [3.8, 4) is 5.75 Å². The minimum atomic E-state index is -0.276.